The van der Waals surface area contributed by atoms with Crippen molar-refractivity contribution in [3.8, 4) is 0 Å². The van der Waals surface area contributed by atoms with Crippen molar-refractivity contribution in [2.24, 2.45) is 35.5 Å². The normalized spacial score (nSPS) is 36.2. The molecule has 26 heavy (non-hydrogen) atoms. The topological polar surface area (TPSA) is 57.7 Å². The average molecular weight is 371 g/mol. The number of imide groups is 1. The van der Waals surface area contributed by atoms with Gasteiger partial charge in [0.2, 0.25) is 17.7 Å². The van der Waals surface area contributed by atoms with Crippen molar-refractivity contribution < 1.29 is 14.4 Å². The van der Waals surface area contributed by atoms with E-state index in [1.807, 2.05) is 0 Å². The summed E-state index contributed by atoms with van der Waals surface area (Å²) in [6, 6.07) is 6.98. The Hall–Kier alpha value is -2.14. The molecule has 0 unspecified atom stereocenters. The van der Waals surface area contributed by atoms with Gasteiger partial charge in [0.1, 0.15) is 6.67 Å². The minimum absolute atomic E-state index is 0.0709. The van der Waals surface area contributed by atoms with Crippen LogP contribution in [0.1, 0.15) is 13.3 Å². The summed E-state index contributed by atoms with van der Waals surface area (Å²) in [5.74, 6) is 0.474. The Morgan fingerprint density at radius 2 is 1.69 bits per heavy atom. The number of allylic oxidation sites excluding steroid dienone is 2. The Morgan fingerprint density at radius 1 is 1.12 bits per heavy atom. The Morgan fingerprint density at radius 3 is 2.23 bits per heavy atom. The van der Waals surface area contributed by atoms with E-state index in [9.17, 15) is 14.4 Å². The highest BCUT2D eigenvalue weighted by atomic mass is 35.5. The van der Waals surface area contributed by atoms with Crippen molar-refractivity contribution in [3.63, 3.8) is 0 Å². The van der Waals surface area contributed by atoms with Gasteiger partial charge in [-0.2, -0.15) is 0 Å². The number of carbonyl (C=O) groups excluding carboxylic acids is 3. The Kier molecular flexibility index (Phi) is 3.35. The second kappa shape index (κ2) is 5.43. The first-order valence-corrected chi connectivity index (χ1v) is 9.43. The van der Waals surface area contributed by atoms with Crippen LogP contribution in [0.5, 0.6) is 0 Å². The number of carbonyl (C=O) groups is 3. The van der Waals surface area contributed by atoms with Gasteiger partial charge in [0.25, 0.3) is 0 Å². The highest BCUT2D eigenvalue weighted by Gasteiger charge is 2.67. The number of rotatable bonds is 3. The number of hydrogen-bond acceptors (Lipinski definition) is 3. The van der Waals surface area contributed by atoms with Gasteiger partial charge in [-0.3, -0.25) is 24.2 Å². The van der Waals surface area contributed by atoms with Crippen LogP contribution in [0, 0.1) is 35.5 Å². The number of amides is 3. The highest BCUT2D eigenvalue weighted by molar-refractivity contribution is 6.33. The molecule has 1 saturated heterocycles. The standard InChI is InChI=1S/C20H19ClN2O3/c1-10(24)22(16-5-3-2-4-15(16)21)9-23-19(25)17-11-6-7-12(14-8-13(11)14)18(17)20(23)26/h2-7,11-14,17-18H,8-9H2,1H3/t11-,12-,13-,14+,17-,18-/m1/s1. The van der Waals surface area contributed by atoms with Gasteiger partial charge in [-0.15, -0.1) is 0 Å². The molecular weight excluding hydrogens is 352 g/mol. The number of benzene rings is 1. The van der Waals surface area contributed by atoms with Gasteiger partial charge in [-0.1, -0.05) is 35.9 Å². The van der Waals surface area contributed by atoms with Crippen LogP contribution in [0.3, 0.4) is 0 Å². The fourth-order valence-electron chi connectivity index (χ4n) is 5.32. The second-order valence-corrected chi connectivity index (χ2v) is 8.21. The van der Waals surface area contributed by atoms with Crippen molar-refractivity contribution in [2.75, 3.05) is 11.6 Å². The van der Waals surface area contributed by atoms with E-state index in [0.29, 0.717) is 22.5 Å². The molecule has 3 fully saturated rings. The van der Waals surface area contributed by atoms with Gasteiger partial charge >= 0.3 is 0 Å². The van der Waals surface area contributed by atoms with Crippen molar-refractivity contribution in [3.05, 3.63) is 41.4 Å². The van der Waals surface area contributed by atoms with E-state index in [4.69, 9.17) is 11.6 Å². The lowest BCUT2D eigenvalue weighted by atomic mass is 9.63. The first-order valence-electron chi connectivity index (χ1n) is 9.05. The molecule has 6 atom stereocenters. The van der Waals surface area contributed by atoms with Crippen molar-refractivity contribution >= 4 is 35.0 Å². The Labute approximate surface area is 156 Å². The third-order valence-corrected chi connectivity index (χ3v) is 6.88. The molecule has 1 aromatic carbocycles. The molecule has 0 N–H and O–H groups in total. The molecule has 6 heteroatoms. The maximum absolute atomic E-state index is 13.1. The minimum atomic E-state index is -0.252. The van der Waals surface area contributed by atoms with Crippen molar-refractivity contribution in [2.45, 2.75) is 13.3 Å². The summed E-state index contributed by atoms with van der Waals surface area (Å²) < 4.78 is 0. The SMILES string of the molecule is CC(=O)N(CN1C(=O)[C@@H]2[C@@H]3C=C[C@H]([C@@H]4C[C@H]34)[C@H]2C1=O)c1ccccc1Cl. The van der Waals surface area contributed by atoms with Crippen LogP contribution >= 0.6 is 11.6 Å². The fourth-order valence-corrected chi connectivity index (χ4v) is 5.55. The smallest absolute Gasteiger partial charge is 0.235 e. The van der Waals surface area contributed by atoms with E-state index in [1.54, 1.807) is 24.3 Å². The van der Waals surface area contributed by atoms with E-state index in [2.05, 4.69) is 12.2 Å². The largest absolute Gasteiger partial charge is 0.292 e. The predicted molar refractivity (Wildman–Crippen MR) is 96.0 cm³/mol. The van der Waals surface area contributed by atoms with E-state index >= 15 is 0 Å². The molecule has 0 spiro atoms. The van der Waals surface area contributed by atoms with Crippen LogP contribution in [-0.4, -0.2) is 29.3 Å². The summed E-state index contributed by atoms with van der Waals surface area (Å²) in [5.41, 5.74) is 0.515. The second-order valence-electron chi connectivity index (χ2n) is 7.80. The van der Waals surface area contributed by atoms with E-state index < -0.39 is 0 Å². The van der Waals surface area contributed by atoms with Crippen LogP contribution in [0.2, 0.25) is 5.02 Å². The number of halogens is 1. The molecule has 5 aliphatic rings. The zero-order valence-corrected chi connectivity index (χ0v) is 15.1. The Balaban J connectivity index is 1.46. The van der Waals surface area contributed by atoms with Gasteiger partial charge < -0.3 is 0 Å². The molecule has 5 nitrogen and oxygen atoms in total. The summed E-state index contributed by atoms with van der Waals surface area (Å²) in [5, 5.41) is 0.419. The summed E-state index contributed by atoms with van der Waals surface area (Å²) in [6.07, 6.45) is 5.42. The number of nitrogens with zero attached hydrogens (tertiary/aromatic N) is 2. The van der Waals surface area contributed by atoms with Gasteiger partial charge in [-0.05, 0) is 42.2 Å². The van der Waals surface area contributed by atoms with E-state index in [1.165, 1.54) is 16.7 Å². The maximum atomic E-state index is 13.1. The highest BCUT2D eigenvalue weighted by Crippen LogP contribution is 2.65. The number of para-hydroxylation sites is 1. The lowest BCUT2D eigenvalue weighted by Gasteiger charge is -2.37. The van der Waals surface area contributed by atoms with Crippen LogP contribution in [-0.2, 0) is 14.4 Å². The summed E-state index contributed by atoms with van der Waals surface area (Å²) >= 11 is 6.23. The van der Waals surface area contributed by atoms with Crippen molar-refractivity contribution in [1.29, 1.82) is 0 Å². The molecule has 6 rings (SSSR count). The fraction of sp³-hybridized carbons (Fsp3) is 0.450. The maximum Gasteiger partial charge on any atom is 0.235 e. The van der Waals surface area contributed by atoms with Gasteiger partial charge in [0.15, 0.2) is 0 Å². The molecule has 1 heterocycles. The summed E-state index contributed by atoms with van der Waals surface area (Å²) in [4.78, 5) is 41.1. The quantitative estimate of drug-likeness (QED) is 0.607. The molecule has 0 radical (unpaired) electrons. The molecule has 1 aliphatic heterocycles. The summed E-state index contributed by atoms with van der Waals surface area (Å²) in [7, 11) is 0. The lowest BCUT2D eigenvalue weighted by Crippen LogP contribution is -2.44. The molecule has 1 aromatic rings. The van der Waals surface area contributed by atoms with Gasteiger partial charge in [-0.25, -0.2) is 0 Å². The molecule has 4 aliphatic carbocycles. The zero-order valence-electron chi connectivity index (χ0n) is 14.3. The predicted octanol–water partition coefficient (Wildman–Crippen LogP) is 2.70. The van der Waals surface area contributed by atoms with Crippen LogP contribution in [0.15, 0.2) is 36.4 Å². The third-order valence-electron chi connectivity index (χ3n) is 6.56. The van der Waals surface area contributed by atoms with Gasteiger partial charge in [0.05, 0.1) is 22.5 Å². The summed E-state index contributed by atoms with van der Waals surface area (Å²) in [6.45, 7) is 1.35. The molecule has 3 amide bonds. The number of hydrogen-bond donors (Lipinski definition) is 0. The van der Waals surface area contributed by atoms with E-state index in [-0.39, 0.29) is 48.1 Å². The number of likely N-dealkylation sites (tertiary alicyclic amines) is 1. The lowest BCUT2D eigenvalue weighted by molar-refractivity contribution is -0.140. The average Bonchev–Trinajstić information content (AvgIpc) is 3.40. The van der Waals surface area contributed by atoms with Crippen LogP contribution in [0.25, 0.3) is 0 Å². The Bertz CT molecular complexity index is 830. The molecule has 134 valence electrons. The van der Waals surface area contributed by atoms with Crippen LogP contribution < -0.4 is 4.90 Å². The third kappa shape index (κ3) is 2.07. The number of anilines is 1. The van der Waals surface area contributed by atoms with E-state index in [0.717, 1.165) is 6.42 Å². The monoisotopic (exact) mass is 370 g/mol. The van der Waals surface area contributed by atoms with Crippen molar-refractivity contribution in [1.82, 2.24) is 4.90 Å². The first-order chi connectivity index (χ1) is 12.5. The van der Waals surface area contributed by atoms with Gasteiger partial charge in [0, 0.05) is 6.92 Å². The zero-order chi connectivity index (χ0) is 18.2. The molecule has 0 aromatic heterocycles. The molecular formula is C20H19ClN2O3. The first kappa shape index (κ1) is 16.1. The molecule has 2 bridgehead atoms. The molecule has 2 saturated carbocycles. The van der Waals surface area contributed by atoms with Crippen LogP contribution in [0.4, 0.5) is 5.69 Å². The minimum Gasteiger partial charge on any atom is -0.292 e.